The van der Waals surface area contributed by atoms with Crippen molar-refractivity contribution in [2.45, 2.75) is 64.6 Å². The van der Waals surface area contributed by atoms with Crippen LogP contribution in [0.4, 0.5) is 5.69 Å². The summed E-state index contributed by atoms with van der Waals surface area (Å²) >= 11 is 18.3. The van der Waals surface area contributed by atoms with E-state index in [9.17, 15) is 18.0 Å². The predicted molar refractivity (Wildman–Crippen MR) is 166 cm³/mol. The Hall–Kier alpha value is -2.78. The second-order valence-corrected chi connectivity index (χ2v) is 13.1. The molecule has 3 rings (SSSR count). The molecule has 11 heteroatoms. The molecular formula is C30H34Cl3N3O4S. The molecule has 0 spiro atoms. The molecule has 0 saturated heterocycles. The van der Waals surface area contributed by atoms with Gasteiger partial charge in [-0.25, -0.2) is 8.42 Å². The van der Waals surface area contributed by atoms with Crippen LogP contribution in [0.1, 0.15) is 43.9 Å². The molecular weight excluding hydrogens is 605 g/mol. The van der Waals surface area contributed by atoms with Crippen LogP contribution in [-0.2, 0) is 26.2 Å². The maximum Gasteiger partial charge on any atom is 0.264 e. The zero-order valence-electron chi connectivity index (χ0n) is 23.6. The van der Waals surface area contributed by atoms with E-state index in [0.29, 0.717) is 32.7 Å². The molecule has 7 nitrogen and oxygen atoms in total. The van der Waals surface area contributed by atoms with Crippen LogP contribution in [0, 0.1) is 13.8 Å². The summed E-state index contributed by atoms with van der Waals surface area (Å²) in [6.45, 7) is 8.67. The third kappa shape index (κ3) is 8.16. The highest BCUT2D eigenvalue weighted by molar-refractivity contribution is 7.92. The lowest BCUT2D eigenvalue weighted by molar-refractivity contribution is -0.139. The molecule has 0 saturated carbocycles. The maximum absolute atomic E-state index is 14.0. The number of rotatable bonds is 11. The Morgan fingerprint density at radius 1 is 0.878 bits per heavy atom. The van der Waals surface area contributed by atoms with Crippen LogP contribution in [-0.4, -0.2) is 43.8 Å². The molecule has 0 heterocycles. The minimum absolute atomic E-state index is 0.00652. The van der Waals surface area contributed by atoms with Crippen LogP contribution in [0.25, 0.3) is 0 Å². The summed E-state index contributed by atoms with van der Waals surface area (Å²) in [5.41, 5.74) is 2.79. The minimum atomic E-state index is -4.20. The van der Waals surface area contributed by atoms with Crippen molar-refractivity contribution in [3.05, 3.63) is 92.4 Å². The van der Waals surface area contributed by atoms with Gasteiger partial charge in [-0.3, -0.25) is 13.9 Å². The average molecular weight is 639 g/mol. The number of sulfonamides is 1. The minimum Gasteiger partial charge on any atom is -0.352 e. The van der Waals surface area contributed by atoms with Crippen molar-refractivity contribution in [3.63, 3.8) is 0 Å². The Morgan fingerprint density at radius 2 is 1.54 bits per heavy atom. The fraction of sp³-hybridized carbons (Fsp3) is 0.333. The zero-order chi connectivity index (χ0) is 30.5. The van der Waals surface area contributed by atoms with Gasteiger partial charge in [0.2, 0.25) is 11.8 Å². The molecule has 0 aromatic heterocycles. The first-order valence-electron chi connectivity index (χ1n) is 13.1. The monoisotopic (exact) mass is 637 g/mol. The smallest absolute Gasteiger partial charge is 0.264 e. The van der Waals surface area contributed by atoms with Gasteiger partial charge < -0.3 is 10.2 Å². The fourth-order valence-corrected chi connectivity index (χ4v) is 5.88. The van der Waals surface area contributed by atoms with Crippen LogP contribution in [0.2, 0.25) is 15.1 Å². The van der Waals surface area contributed by atoms with Crippen molar-refractivity contribution in [2.24, 2.45) is 0 Å². The van der Waals surface area contributed by atoms with Crippen molar-refractivity contribution >= 4 is 62.3 Å². The van der Waals surface area contributed by atoms with E-state index in [-0.39, 0.29) is 23.4 Å². The third-order valence-corrected chi connectivity index (χ3v) is 9.74. The van der Waals surface area contributed by atoms with Gasteiger partial charge in [0, 0.05) is 17.6 Å². The lowest BCUT2D eigenvalue weighted by Gasteiger charge is -2.32. The Morgan fingerprint density at radius 3 is 2.12 bits per heavy atom. The molecule has 3 aromatic rings. The van der Waals surface area contributed by atoms with Crippen LogP contribution in [0.5, 0.6) is 0 Å². The van der Waals surface area contributed by atoms with Gasteiger partial charge in [0.05, 0.1) is 20.6 Å². The number of nitrogens with zero attached hydrogens (tertiary/aromatic N) is 2. The Kier molecular flexibility index (Phi) is 11.1. The van der Waals surface area contributed by atoms with Crippen LogP contribution in [0.3, 0.4) is 0 Å². The molecule has 0 fully saturated rings. The number of aryl methyl sites for hydroxylation is 2. The number of benzene rings is 3. The first-order valence-corrected chi connectivity index (χ1v) is 15.7. The summed E-state index contributed by atoms with van der Waals surface area (Å²) in [4.78, 5) is 28.5. The summed E-state index contributed by atoms with van der Waals surface area (Å²) in [5.74, 6) is -0.926. The van der Waals surface area contributed by atoms with Gasteiger partial charge in [0.1, 0.15) is 12.6 Å². The summed E-state index contributed by atoms with van der Waals surface area (Å²) in [6, 6.07) is 14.8. The molecule has 0 aliphatic carbocycles. The van der Waals surface area contributed by atoms with Crippen molar-refractivity contribution in [3.8, 4) is 0 Å². The van der Waals surface area contributed by atoms with Gasteiger partial charge in [-0.15, -0.1) is 0 Å². The quantitative estimate of drug-likeness (QED) is 0.251. The van der Waals surface area contributed by atoms with Gasteiger partial charge in [-0.05, 0) is 99.3 Å². The van der Waals surface area contributed by atoms with Gasteiger partial charge in [0.25, 0.3) is 10.0 Å². The topological polar surface area (TPSA) is 86.8 Å². The number of hydrogen-bond acceptors (Lipinski definition) is 4. The van der Waals surface area contributed by atoms with Crippen LogP contribution < -0.4 is 9.62 Å². The summed E-state index contributed by atoms with van der Waals surface area (Å²) < 4.78 is 28.9. The molecule has 0 radical (unpaired) electrons. The van der Waals surface area contributed by atoms with E-state index in [0.717, 1.165) is 15.4 Å². The lowest BCUT2D eigenvalue weighted by Crippen LogP contribution is -2.52. The molecule has 0 aliphatic rings. The molecule has 2 amide bonds. The van der Waals surface area contributed by atoms with Crippen molar-refractivity contribution in [1.29, 1.82) is 0 Å². The van der Waals surface area contributed by atoms with E-state index in [1.807, 2.05) is 27.7 Å². The second-order valence-electron chi connectivity index (χ2n) is 10.00. The van der Waals surface area contributed by atoms with Crippen molar-refractivity contribution < 1.29 is 18.0 Å². The molecule has 0 unspecified atom stereocenters. The number of nitrogens with one attached hydrogen (secondary N) is 1. The average Bonchev–Trinajstić information content (AvgIpc) is 2.93. The van der Waals surface area contributed by atoms with E-state index >= 15 is 0 Å². The first-order chi connectivity index (χ1) is 19.2. The normalized spacial score (nSPS) is 12.9. The standard InChI is InChI=1S/C30H34Cl3N3O4S/c1-6-21(4)34-30(38)22(5)35(17-23-8-14-27(32)28(33)16-23)29(37)18-36(25-11-7-19(2)20(3)15-25)41(39,40)26-12-9-24(31)10-13-26/h7-16,21-22H,6,17-18H2,1-5H3,(H,34,38)/t21-,22+/m0/s1. The molecule has 220 valence electrons. The zero-order valence-corrected chi connectivity index (χ0v) is 26.7. The summed E-state index contributed by atoms with van der Waals surface area (Å²) in [5, 5.41) is 3.94. The Balaban J connectivity index is 2.06. The number of amides is 2. The van der Waals surface area contributed by atoms with Crippen molar-refractivity contribution in [2.75, 3.05) is 10.8 Å². The van der Waals surface area contributed by atoms with E-state index in [1.54, 1.807) is 43.3 Å². The Labute approximate surface area is 257 Å². The number of halogens is 3. The highest BCUT2D eigenvalue weighted by Gasteiger charge is 2.33. The molecule has 0 bridgehead atoms. The lowest BCUT2D eigenvalue weighted by atomic mass is 10.1. The van der Waals surface area contributed by atoms with Gasteiger partial charge in [0.15, 0.2) is 0 Å². The predicted octanol–water partition coefficient (Wildman–Crippen LogP) is 6.79. The highest BCUT2D eigenvalue weighted by atomic mass is 35.5. The molecule has 2 atom stereocenters. The molecule has 3 aromatic carbocycles. The fourth-order valence-electron chi connectivity index (χ4n) is 4.03. The maximum atomic E-state index is 14.0. The van der Waals surface area contributed by atoms with Gasteiger partial charge >= 0.3 is 0 Å². The van der Waals surface area contributed by atoms with E-state index < -0.39 is 28.5 Å². The number of hydrogen-bond donors (Lipinski definition) is 1. The Bertz CT molecular complexity index is 1510. The SMILES string of the molecule is CC[C@H](C)NC(=O)[C@@H](C)N(Cc1ccc(Cl)c(Cl)c1)C(=O)CN(c1ccc(C)c(C)c1)S(=O)(=O)c1ccc(Cl)cc1. The first kappa shape index (κ1) is 32.7. The largest absolute Gasteiger partial charge is 0.352 e. The number of carbonyl (C=O) groups is 2. The molecule has 1 N–H and O–H groups in total. The summed E-state index contributed by atoms with van der Waals surface area (Å²) in [6.07, 6.45) is 0.707. The van der Waals surface area contributed by atoms with Crippen LogP contribution in [0.15, 0.2) is 65.6 Å². The highest BCUT2D eigenvalue weighted by Crippen LogP contribution is 2.28. The molecule has 41 heavy (non-hydrogen) atoms. The van der Waals surface area contributed by atoms with Gasteiger partial charge in [-0.2, -0.15) is 0 Å². The van der Waals surface area contributed by atoms with Crippen LogP contribution >= 0.6 is 34.8 Å². The number of carbonyl (C=O) groups excluding carboxylic acids is 2. The van der Waals surface area contributed by atoms with E-state index in [1.165, 1.54) is 29.2 Å². The number of anilines is 1. The third-order valence-electron chi connectivity index (χ3n) is 6.96. The van der Waals surface area contributed by atoms with Gasteiger partial charge in [-0.1, -0.05) is 53.9 Å². The second kappa shape index (κ2) is 13.9. The van der Waals surface area contributed by atoms with E-state index in [2.05, 4.69) is 5.32 Å². The van der Waals surface area contributed by atoms with Crippen molar-refractivity contribution in [1.82, 2.24) is 10.2 Å². The summed E-state index contributed by atoms with van der Waals surface area (Å²) in [7, 11) is -4.20. The molecule has 0 aliphatic heterocycles. The van der Waals surface area contributed by atoms with E-state index in [4.69, 9.17) is 34.8 Å².